The topological polar surface area (TPSA) is 46.5 Å². The first kappa shape index (κ1) is 16.6. The van der Waals surface area contributed by atoms with Crippen LogP contribution in [0.15, 0.2) is 6.07 Å². The van der Waals surface area contributed by atoms with Crippen molar-refractivity contribution >= 4 is 5.97 Å². The molecule has 0 saturated carbocycles. The van der Waals surface area contributed by atoms with Gasteiger partial charge in [-0.1, -0.05) is 12.8 Å². The van der Waals surface area contributed by atoms with Crippen LogP contribution in [0.5, 0.6) is 5.75 Å². The van der Waals surface area contributed by atoms with E-state index in [1.54, 1.807) is 0 Å². The van der Waals surface area contributed by atoms with Crippen molar-refractivity contribution in [1.29, 1.82) is 0 Å². The van der Waals surface area contributed by atoms with E-state index >= 15 is 0 Å². The molecule has 0 fully saturated rings. The zero-order valence-electron chi connectivity index (χ0n) is 12.4. The van der Waals surface area contributed by atoms with Crippen molar-refractivity contribution in [3.05, 3.63) is 28.3 Å². The van der Waals surface area contributed by atoms with Gasteiger partial charge in [0.25, 0.3) is 0 Å². The maximum atomic E-state index is 13.5. The number of hydrogen-bond acceptors (Lipinski definition) is 3. The molecule has 1 aromatic carbocycles. The van der Waals surface area contributed by atoms with E-state index in [2.05, 4.69) is 0 Å². The Morgan fingerprint density at radius 1 is 1.23 bits per heavy atom. The smallest absolute Gasteiger partial charge is 0.417 e. The van der Waals surface area contributed by atoms with Gasteiger partial charge in [-0.2, -0.15) is 13.2 Å². The maximum absolute atomic E-state index is 13.5. The first-order chi connectivity index (χ1) is 10.4. The van der Waals surface area contributed by atoms with Crippen molar-refractivity contribution in [3.63, 3.8) is 0 Å². The van der Waals surface area contributed by atoms with Gasteiger partial charge in [0.05, 0.1) is 12.2 Å². The van der Waals surface area contributed by atoms with E-state index in [0.29, 0.717) is 18.4 Å². The molecule has 0 atom stereocenters. The van der Waals surface area contributed by atoms with E-state index in [-0.39, 0.29) is 18.6 Å². The lowest BCUT2D eigenvalue weighted by Gasteiger charge is -2.22. The molecule has 122 valence electrons. The van der Waals surface area contributed by atoms with Gasteiger partial charge in [0, 0.05) is 0 Å². The Morgan fingerprint density at radius 2 is 1.86 bits per heavy atom. The molecule has 2 rings (SSSR count). The van der Waals surface area contributed by atoms with Gasteiger partial charge in [0.1, 0.15) is 11.3 Å². The second-order valence-electron chi connectivity index (χ2n) is 5.42. The molecule has 3 nitrogen and oxygen atoms in total. The number of halogens is 3. The van der Waals surface area contributed by atoms with Crippen LogP contribution < -0.4 is 0 Å². The summed E-state index contributed by atoms with van der Waals surface area (Å²) in [5.74, 6) is -1.78. The summed E-state index contributed by atoms with van der Waals surface area (Å²) in [5.41, 5.74) is -1.16. The van der Waals surface area contributed by atoms with Gasteiger partial charge < -0.3 is 9.84 Å². The zero-order valence-corrected chi connectivity index (χ0v) is 12.4. The number of aromatic hydroxyl groups is 1. The predicted molar refractivity (Wildman–Crippen MR) is 74.9 cm³/mol. The van der Waals surface area contributed by atoms with Gasteiger partial charge in [-0.3, -0.25) is 0 Å². The molecule has 22 heavy (non-hydrogen) atoms. The number of ether oxygens (including phenoxy) is 1. The first-order valence-corrected chi connectivity index (χ1v) is 7.48. The summed E-state index contributed by atoms with van der Waals surface area (Å²) >= 11 is 0. The van der Waals surface area contributed by atoms with Crippen molar-refractivity contribution in [2.24, 2.45) is 0 Å². The first-order valence-electron chi connectivity index (χ1n) is 7.48. The third kappa shape index (κ3) is 3.36. The fourth-order valence-corrected chi connectivity index (χ4v) is 2.97. The molecule has 1 aliphatic carbocycles. The number of benzene rings is 1. The summed E-state index contributed by atoms with van der Waals surface area (Å²) in [4.78, 5) is 11.9. The molecule has 1 N–H and O–H groups in total. The van der Waals surface area contributed by atoms with Crippen molar-refractivity contribution < 1.29 is 27.8 Å². The van der Waals surface area contributed by atoms with E-state index < -0.39 is 29.0 Å². The molecular weight excluding hydrogens is 297 g/mol. The zero-order chi connectivity index (χ0) is 16.3. The van der Waals surface area contributed by atoms with Gasteiger partial charge in [-0.25, -0.2) is 4.79 Å². The standard InChI is InChI=1S/C16H19F3O3/c1-2-22-15(21)13-12(20)9-10-7-5-3-4-6-8-11(10)14(13)16(17,18)19/h9,20H,2-8H2,1H3. The highest BCUT2D eigenvalue weighted by molar-refractivity contribution is 5.95. The quantitative estimate of drug-likeness (QED) is 0.830. The Morgan fingerprint density at radius 3 is 2.45 bits per heavy atom. The number of phenolic OH excluding ortho intramolecular Hbond substituents is 1. The third-order valence-electron chi connectivity index (χ3n) is 3.89. The Balaban J connectivity index is 2.67. The highest BCUT2D eigenvalue weighted by Crippen LogP contribution is 2.42. The summed E-state index contributed by atoms with van der Waals surface area (Å²) in [6.45, 7) is 1.46. The van der Waals surface area contributed by atoms with Crippen LogP contribution >= 0.6 is 0 Å². The summed E-state index contributed by atoms with van der Waals surface area (Å²) < 4.78 is 45.3. The maximum Gasteiger partial charge on any atom is 0.417 e. The Hall–Kier alpha value is -1.72. The van der Waals surface area contributed by atoms with E-state index in [9.17, 15) is 23.1 Å². The number of hydrogen-bond donors (Lipinski definition) is 1. The number of aryl methyl sites for hydroxylation is 1. The lowest BCUT2D eigenvalue weighted by molar-refractivity contribution is -0.139. The molecule has 0 unspecified atom stereocenters. The van der Waals surface area contributed by atoms with Crippen LogP contribution in [-0.4, -0.2) is 17.7 Å². The van der Waals surface area contributed by atoms with Gasteiger partial charge in [-0.05, 0) is 49.8 Å². The van der Waals surface area contributed by atoms with Crippen molar-refractivity contribution in [3.8, 4) is 5.75 Å². The highest BCUT2D eigenvalue weighted by atomic mass is 19.4. The molecule has 0 radical (unpaired) electrons. The fraction of sp³-hybridized carbons (Fsp3) is 0.562. The fourth-order valence-electron chi connectivity index (χ4n) is 2.97. The molecule has 0 bridgehead atoms. The van der Waals surface area contributed by atoms with Crippen molar-refractivity contribution in [1.82, 2.24) is 0 Å². The minimum absolute atomic E-state index is 0.0490. The second-order valence-corrected chi connectivity index (χ2v) is 5.42. The van der Waals surface area contributed by atoms with Crippen LogP contribution in [0.4, 0.5) is 13.2 Å². The van der Waals surface area contributed by atoms with Crippen LogP contribution in [0.25, 0.3) is 0 Å². The molecule has 0 heterocycles. The summed E-state index contributed by atoms with van der Waals surface area (Å²) in [5, 5.41) is 9.97. The number of carbonyl (C=O) groups excluding carboxylic acids is 1. The minimum Gasteiger partial charge on any atom is -0.507 e. The van der Waals surface area contributed by atoms with Crippen LogP contribution in [0, 0.1) is 0 Å². The van der Waals surface area contributed by atoms with E-state index in [1.807, 2.05) is 0 Å². The number of rotatable bonds is 2. The van der Waals surface area contributed by atoms with E-state index in [0.717, 1.165) is 19.3 Å². The molecule has 0 aliphatic heterocycles. The number of fused-ring (bicyclic) bond motifs is 1. The van der Waals surface area contributed by atoms with E-state index in [1.165, 1.54) is 13.0 Å². The van der Waals surface area contributed by atoms with Crippen molar-refractivity contribution in [2.75, 3.05) is 6.61 Å². The number of carbonyl (C=O) groups is 1. The summed E-state index contributed by atoms with van der Waals surface area (Å²) in [6, 6.07) is 1.29. The number of esters is 1. The SMILES string of the molecule is CCOC(=O)c1c(O)cc2c(c1C(F)(F)F)CCCCCC2. The average molecular weight is 316 g/mol. The van der Waals surface area contributed by atoms with Crippen molar-refractivity contribution in [2.45, 2.75) is 51.6 Å². The van der Waals surface area contributed by atoms with Gasteiger partial charge in [-0.15, -0.1) is 0 Å². The van der Waals surface area contributed by atoms with Gasteiger partial charge in [0.15, 0.2) is 0 Å². The molecule has 1 aromatic rings. The molecule has 1 aliphatic rings. The molecule has 0 saturated heterocycles. The van der Waals surface area contributed by atoms with Crippen LogP contribution in [0.2, 0.25) is 0 Å². The minimum atomic E-state index is -4.70. The normalized spacial score (nSPS) is 15.6. The second kappa shape index (κ2) is 6.58. The van der Waals surface area contributed by atoms with Crippen LogP contribution in [0.1, 0.15) is 59.7 Å². The number of phenols is 1. The Bertz CT molecular complexity index is 565. The van der Waals surface area contributed by atoms with Gasteiger partial charge in [0.2, 0.25) is 0 Å². The van der Waals surface area contributed by atoms with Crippen LogP contribution in [-0.2, 0) is 23.8 Å². The van der Waals surface area contributed by atoms with E-state index in [4.69, 9.17) is 4.74 Å². The third-order valence-corrected chi connectivity index (χ3v) is 3.89. The molecule has 6 heteroatoms. The monoisotopic (exact) mass is 316 g/mol. The summed E-state index contributed by atoms with van der Waals surface area (Å²) in [7, 11) is 0. The largest absolute Gasteiger partial charge is 0.507 e. The van der Waals surface area contributed by atoms with Crippen LogP contribution in [0.3, 0.4) is 0 Å². The highest BCUT2D eigenvalue weighted by Gasteiger charge is 2.41. The number of alkyl halides is 3. The molecule has 0 amide bonds. The Kier molecular flexibility index (Phi) is 4.98. The predicted octanol–water partition coefficient (Wildman–Crippen LogP) is 4.25. The molecule has 0 spiro atoms. The summed E-state index contributed by atoms with van der Waals surface area (Å²) in [6.07, 6.45) is -0.713. The lowest BCUT2D eigenvalue weighted by Crippen LogP contribution is -2.20. The van der Waals surface area contributed by atoms with Gasteiger partial charge >= 0.3 is 12.1 Å². The lowest BCUT2D eigenvalue weighted by atomic mass is 9.86. The molecular formula is C16H19F3O3. The Labute approximate surface area is 127 Å². The molecule has 0 aromatic heterocycles. The average Bonchev–Trinajstić information content (AvgIpc) is 2.38.